The molecule has 0 heterocycles. The number of hydrogen-bond donors (Lipinski definition) is 1. The fourth-order valence-corrected chi connectivity index (χ4v) is 0.721. The van der Waals surface area contributed by atoms with E-state index < -0.39 is 11.3 Å². The predicted octanol–water partition coefficient (Wildman–Crippen LogP) is 0.669. The first-order valence-corrected chi connectivity index (χ1v) is 4.54. The Morgan fingerprint density at radius 2 is 2.07 bits per heavy atom. The number of carbonyl (C=O) groups is 2. The van der Waals surface area contributed by atoms with Crippen molar-refractivity contribution >= 4 is 29.2 Å². The number of alkyl halides is 1. The zero-order chi connectivity index (χ0) is 11.1. The van der Waals surface area contributed by atoms with Crippen molar-refractivity contribution in [2.24, 2.45) is 5.10 Å². The highest BCUT2D eigenvalue weighted by atomic mass is 35.5. The van der Waals surface area contributed by atoms with Crippen molar-refractivity contribution < 1.29 is 14.3 Å². The SMILES string of the molecule is CCOC(=O)C(Cl)C(C)=NNC(C)=O. The van der Waals surface area contributed by atoms with Gasteiger partial charge in [0.05, 0.1) is 12.3 Å². The van der Waals surface area contributed by atoms with Crippen molar-refractivity contribution in [2.75, 3.05) is 6.61 Å². The number of hydrazone groups is 1. The Kier molecular flexibility index (Phi) is 5.87. The lowest BCUT2D eigenvalue weighted by atomic mass is 10.3. The summed E-state index contributed by atoms with van der Waals surface area (Å²) in [5.41, 5.74) is 2.47. The van der Waals surface area contributed by atoms with Crippen LogP contribution in [-0.2, 0) is 14.3 Å². The van der Waals surface area contributed by atoms with Gasteiger partial charge in [-0.1, -0.05) is 0 Å². The topological polar surface area (TPSA) is 67.8 Å². The first-order chi connectivity index (χ1) is 6.49. The van der Waals surface area contributed by atoms with E-state index in [9.17, 15) is 9.59 Å². The van der Waals surface area contributed by atoms with Gasteiger partial charge in [0.1, 0.15) is 0 Å². The Labute approximate surface area is 87.4 Å². The molecule has 0 aliphatic rings. The van der Waals surface area contributed by atoms with Crippen molar-refractivity contribution in [2.45, 2.75) is 26.1 Å². The summed E-state index contributed by atoms with van der Waals surface area (Å²) in [5, 5.41) is 2.65. The minimum absolute atomic E-state index is 0.259. The molecule has 0 saturated heterocycles. The number of nitrogens with one attached hydrogen (secondary N) is 1. The summed E-state index contributed by atoms with van der Waals surface area (Å²) < 4.78 is 4.67. The number of ether oxygens (including phenoxy) is 1. The summed E-state index contributed by atoms with van der Waals surface area (Å²) in [6.07, 6.45) is 0. The van der Waals surface area contributed by atoms with Crippen LogP contribution >= 0.6 is 11.6 Å². The first kappa shape index (κ1) is 12.9. The van der Waals surface area contributed by atoms with Gasteiger partial charge in [-0.25, -0.2) is 5.43 Å². The molecule has 1 atom stereocenters. The van der Waals surface area contributed by atoms with Gasteiger partial charge in [-0.15, -0.1) is 11.6 Å². The average Bonchev–Trinajstić information content (AvgIpc) is 2.13. The Morgan fingerprint density at radius 1 is 1.50 bits per heavy atom. The van der Waals surface area contributed by atoms with Gasteiger partial charge in [0.2, 0.25) is 5.91 Å². The van der Waals surface area contributed by atoms with Crippen LogP contribution in [0.15, 0.2) is 5.10 Å². The average molecular weight is 221 g/mol. The fourth-order valence-electron chi connectivity index (χ4n) is 0.610. The van der Waals surface area contributed by atoms with Crippen LogP contribution in [0.25, 0.3) is 0 Å². The molecule has 14 heavy (non-hydrogen) atoms. The lowest BCUT2D eigenvalue weighted by Gasteiger charge is -2.07. The van der Waals surface area contributed by atoms with Gasteiger partial charge >= 0.3 is 5.97 Å². The number of hydrogen-bond acceptors (Lipinski definition) is 4. The maximum Gasteiger partial charge on any atom is 0.329 e. The van der Waals surface area contributed by atoms with Crippen LogP contribution in [0.2, 0.25) is 0 Å². The van der Waals surface area contributed by atoms with E-state index in [-0.39, 0.29) is 12.5 Å². The predicted molar refractivity (Wildman–Crippen MR) is 53.2 cm³/mol. The zero-order valence-corrected chi connectivity index (χ0v) is 9.09. The Morgan fingerprint density at radius 3 is 2.50 bits per heavy atom. The quantitative estimate of drug-likeness (QED) is 0.328. The summed E-state index contributed by atoms with van der Waals surface area (Å²) in [6, 6.07) is 0. The highest BCUT2D eigenvalue weighted by Gasteiger charge is 2.19. The maximum absolute atomic E-state index is 11.1. The zero-order valence-electron chi connectivity index (χ0n) is 8.33. The van der Waals surface area contributed by atoms with Crippen molar-refractivity contribution in [3.63, 3.8) is 0 Å². The van der Waals surface area contributed by atoms with E-state index in [4.69, 9.17) is 11.6 Å². The minimum atomic E-state index is -0.957. The third-order valence-corrected chi connectivity index (χ3v) is 1.74. The van der Waals surface area contributed by atoms with Crippen molar-refractivity contribution in [3.05, 3.63) is 0 Å². The van der Waals surface area contributed by atoms with E-state index in [1.165, 1.54) is 13.8 Å². The third kappa shape index (κ3) is 4.81. The maximum atomic E-state index is 11.1. The number of carbonyl (C=O) groups excluding carboxylic acids is 2. The fraction of sp³-hybridized carbons (Fsp3) is 0.625. The van der Waals surface area contributed by atoms with E-state index in [1.54, 1.807) is 6.92 Å². The Bertz CT molecular complexity index is 253. The van der Waals surface area contributed by atoms with Crippen LogP contribution < -0.4 is 5.43 Å². The molecule has 0 aliphatic heterocycles. The van der Waals surface area contributed by atoms with Gasteiger partial charge < -0.3 is 4.74 Å². The van der Waals surface area contributed by atoms with Gasteiger partial charge in [-0.05, 0) is 13.8 Å². The Hall–Kier alpha value is -1.10. The highest BCUT2D eigenvalue weighted by Crippen LogP contribution is 2.01. The first-order valence-electron chi connectivity index (χ1n) is 4.10. The molecule has 0 bridgehead atoms. The second kappa shape index (κ2) is 6.37. The van der Waals surface area contributed by atoms with E-state index >= 15 is 0 Å². The van der Waals surface area contributed by atoms with Gasteiger partial charge in [-0.3, -0.25) is 9.59 Å². The van der Waals surface area contributed by atoms with Crippen LogP contribution in [0.5, 0.6) is 0 Å². The smallest absolute Gasteiger partial charge is 0.329 e. The van der Waals surface area contributed by atoms with Crippen molar-refractivity contribution in [3.8, 4) is 0 Å². The molecule has 0 radical (unpaired) electrons. The van der Waals surface area contributed by atoms with E-state index in [2.05, 4.69) is 15.3 Å². The molecule has 1 N–H and O–H groups in total. The summed E-state index contributed by atoms with van der Waals surface area (Å²) in [5.74, 6) is -0.891. The highest BCUT2D eigenvalue weighted by molar-refractivity contribution is 6.41. The van der Waals surface area contributed by atoms with E-state index in [0.717, 1.165) is 0 Å². The molecule has 5 nitrogen and oxygen atoms in total. The number of rotatable bonds is 4. The monoisotopic (exact) mass is 220 g/mol. The van der Waals surface area contributed by atoms with Gasteiger partial charge in [0, 0.05) is 6.92 Å². The van der Waals surface area contributed by atoms with Gasteiger partial charge in [-0.2, -0.15) is 5.10 Å². The molecule has 0 aliphatic carbocycles. The molecular formula is C8H13ClN2O3. The third-order valence-electron chi connectivity index (χ3n) is 1.25. The standard InChI is InChI=1S/C8H13ClN2O3/c1-4-14-8(13)7(9)5(2)10-11-6(3)12/h7H,4H2,1-3H3,(H,11,12). The molecule has 0 rings (SSSR count). The summed E-state index contributed by atoms with van der Waals surface area (Å²) in [7, 11) is 0. The molecule has 1 amide bonds. The van der Waals surface area contributed by atoms with E-state index in [1.807, 2.05) is 0 Å². The number of esters is 1. The molecule has 80 valence electrons. The number of halogens is 1. The van der Waals surface area contributed by atoms with Crippen LogP contribution in [-0.4, -0.2) is 29.6 Å². The van der Waals surface area contributed by atoms with Crippen LogP contribution in [0.4, 0.5) is 0 Å². The largest absolute Gasteiger partial charge is 0.465 e. The normalized spacial score (nSPS) is 13.3. The lowest BCUT2D eigenvalue weighted by Crippen LogP contribution is -2.27. The van der Waals surface area contributed by atoms with Crippen LogP contribution in [0, 0.1) is 0 Å². The summed E-state index contributed by atoms with van der Waals surface area (Å²) in [6.45, 7) is 4.78. The molecular weight excluding hydrogens is 208 g/mol. The second-order valence-electron chi connectivity index (χ2n) is 2.54. The van der Waals surface area contributed by atoms with E-state index in [0.29, 0.717) is 5.71 Å². The van der Waals surface area contributed by atoms with Crippen LogP contribution in [0.3, 0.4) is 0 Å². The molecule has 1 unspecified atom stereocenters. The number of nitrogens with zero attached hydrogens (tertiary/aromatic N) is 1. The van der Waals surface area contributed by atoms with Crippen molar-refractivity contribution in [1.82, 2.24) is 5.43 Å². The lowest BCUT2D eigenvalue weighted by molar-refractivity contribution is -0.141. The molecule has 0 aromatic rings. The molecule has 0 saturated carbocycles. The molecule has 6 heteroatoms. The second-order valence-corrected chi connectivity index (χ2v) is 2.97. The minimum Gasteiger partial charge on any atom is -0.465 e. The van der Waals surface area contributed by atoms with Crippen LogP contribution in [0.1, 0.15) is 20.8 Å². The van der Waals surface area contributed by atoms with Gasteiger partial charge in [0.15, 0.2) is 5.38 Å². The number of amides is 1. The molecule has 0 aromatic heterocycles. The molecule has 0 aromatic carbocycles. The molecule has 0 spiro atoms. The molecule has 0 fully saturated rings. The van der Waals surface area contributed by atoms with Crippen molar-refractivity contribution in [1.29, 1.82) is 0 Å². The summed E-state index contributed by atoms with van der Waals surface area (Å²) in [4.78, 5) is 21.6. The Balaban J connectivity index is 4.22. The van der Waals surface area contributed by atoms with Gasteiger partial charge in [0.25, 0.3) is 0 Å². The summed E-state index contributed by atoms with van der Waals surface area (Å²) >= 11 is 5.69.